The molecule has 0 spiro atoms. The number of likely N-dealkylation sites (tertiary alicyclic amines) is 1. The van der Waals surface area contributed by atoms with Crippen LogP contribution in [0.5, 0.6) is 11.5 Å². The number of H-pyrrole nitrogens is 1. The maximum atomic E-state index is 14.5. The van der Waals surface area contributed by atoms with E-state index < -0.39 is 47.5 Å². The van der Waals surface area contributed by atoms with E-state index >= 15 is 0 Å². The first-order valence-corrected chi connectivity index (χ1v) is 31.7. The van der Waals surface area contributed by atoms with Gasteiger partial charge in [0.15, 0.2) is 5.75 Å². The van der Waals surface area contributed by atoms with Gasteiger partial charge < -0.3 is 60.9 Å². The Labute approximate surface area is 527 Å². The molecule has 10 amide bonds. The molecule has 3 aliphatic heterocycles. The number of carbonyl (C=O) groups is 9. The Morgan fingerprint density at radius 3 is 2.26 bits per heavy atom. The topological polar surface area (TPSA) is 287 Å². The third-order valence-corrected chi connectivity index (χ3v) is 17.5. The number of unbranched alkanes of at least 4 members (excludes halogenated alkanes) is 2. The number of benzene rings is 3. The minimum absolute atomic E-state index is 0.0977. The van der Waals surface area contributed by atoms with Crippen molar-refractivity contribution in [2.45, 2.75) is 111 Å². The summed E-state index contributed by atoms with van der Waals surface area (Å²) in [5.41, 5.74) is 9.34. The number of nitrogens with zero attached hydrogens (tertiary/aromatic N) is 5. The molecule has 23 nitrogen and oxygen atoms in total. The van der Waals surface area contributed by atoms with Crippen LogP contribution in [0.2, 0.25) is 0 Å². The van der Waals surface area contributed by atoms with Crippen LogP contribution >= 0.6 is 22.9 Å². The number of rotatable bonds is 29. The molecule has 89 heavy (non-hydrogen) atoms. The van der Waals surface area contributed by atoms with Gasteiger partial charge in [0.2, 0.25) is 17.7 Å². The normalized spacial score (nSPS) is 15.5. The second-order valence-corrected chi connectivity index (χ2v) is 25.5. The molecular weight excluding hydrogens is 1180 g/mol. The molecule has 2 aromatic heterocycles. The van der Waals surface area contributed by atoms with Crippen LogP contribution in [0.15, 0.2) is 72.1 Å². The predicted molar refractivity (Wildman–Crippen MR) is 341 cm³/mol. The van der Waals surface area contributed by atoms with Crippen molar-refractivity contribution in [3.63, 3.8) is 0 Å². The van der Waals surface area contributed by atoms with Crippen molar-refractivity contribution in [3.8, 4) is 11.5 Å². The number of anilines is 2. The van der Waals surface area contributed by atoms with Gasteiger partial charge in [-0.15, -0.1) is 22.9 Å². The summed E-state index contributed by atoms with van der Waals surface area (Å²) in [6.45, 7) is 14.0. The number of nitrogens with two attached hydrogens (primary N) is 1. The van der Waals surface area contributed by atoms with Crippen molar-refractivity contribution in [3.05, 3.63) is 94.5 Å². The molecule has 7 N–H and O–H groups in total. The van der Waals surface area contributed by atoms with E-state index in [-0.39, 0.29) is 93.4 Å². The number of nitrogens with one attached hydrogen (secondary N) is 5. The van der Waals surface area contributed by atoms with Crippen LogP contribution in [0.25, 0.3) is 21.0 Å². The van der Waals surface area contributed by atoms with Crippen molar-refractivity contribution in [1.29, 1.82) is 0 Å². The van der Waals surface area contributed by atoms with Crippen molar-refractivity contribution >= 4 is 109 Å². The van der Waals surface area contributed by atoms with Gasteiger partial charge in [0.1, 0.15) is 36.7 Å². The lowest BCUT2D eigenvalue weighted by molar-refractivity contribution is -0.137. The molecule has 1 saturated heterocycles. The van der Waals surface area contributed by atoms with E-state index in [2.05, 4.69) is 31.2 Å². The number of carbonyl (C=O) groups excluding carboxylic acids is 9. The standard InChI is InChI=1S/C64H82ClN11O12S/c1-39(2)56(71-51(77)15-9-8-10-27-75-52(78)22-23-53(75)79)59(81)70-47(14-13-24-67-61(66)83)58(80)68-44-18-16-41(17-19-44)35-87-62(84)72(6)37-64(4,5)38-73(7)63(85)88-50-32-49-55(54-40(3)36-89-57(50)54)43(33-65)34-76(49)60(82)48-31-42-30-45(20-21-46(42)69-48)86-29-28-74-25-11-12-26-74/h16-23,30-32,36,39,43,47,56,69H,8-15,24-29,33-35,37-38H2,1-7H3,(H,68,80)(H,70,81)(H,71,77)(H3,66,67,83)/t43-,47-,56-/m0/s1. The molecule has 5 heterocycles. The molecule has 3 aromatic carbocycles. The molecule has 0 aliphatic carbocycles. The molecule has 0 saturated carbocycles. The number of thiophene rings is 1. The van der Waals surface area contributed by atoms with E-state index in [1.54, 1.807) is 63.2 Å². The Hall–Kier alpha value is -8.22. The fourth-order valence-electron chi connectivity index (χ4n) is 11.6. The Morgan fingerprint density at radius 1 is 0.865 bits per heavy atom. The first-order chi connectivity index (χ1) is 42.5. The largest absolute Gasteiger partial charge is 0.492 e. The number of hydrogen-bond acceptors (Lipinski definition) is 14. The summed E-state index contributed by atoms with van der Waals surface area (Å²) in [7, 11) is 3.23. The number of hydrogen-bond donors (Lipinski definition) is 6. The number of amides is 10. The molecule has 3 aliphatic rings. The van der Waals surface area contributed by atoms with E-state index in [9.17, 15) is 43.2 Å². The van der Waals surface area contributed by atoms with Crippen LogP contribution in [0.3, 0.4) is 0 Å². The third-order valence-electron chi connectivity index (χ3n) is 16.0. The number of urea groups is 1. The molecule has 0 bridgehead atoms. The first kappa shape index (κ1) is 66.7. The minimum Gasteiger partial charge on any atom is -0.492 e. The van der Waals surface area contributed by atoms with Crippen LogP contribution in [0, 0.1) is 18.3 Å². The maximum absolute atomic E-state index is 14.5. The zero-order valence-corrected chi connectivity index (χ0v) is 53.2. The number of aromatic amines is 1. The van der Waals surface area contributed by atoms with Crippen LogP contribution in [-0.2, 0) is 35.3 Å². The van der Waals surface area contributed by atoms with Gasteiger partial charge in [0, 0.05) is 117 Å². The van der Waals surface area contributed by atoms with Crippen LogP contribution in [0.1, 0.15) is 112 Å². The SMILES string of the molecule is Cc1csc2c(OC(=O)N(C)CC(C)(C)CN(C)C(=O)OCc3ccc(NC(=O)[C@H](CCCNC(N)=O)NC(=O)[C@@H](NC(=O)CCCCCN4C(=O)C=CC4=O)C(C)C)cc3)cc3c(c12)[C@@H](CCl)CN3C(=O)c1cc2cc(OCCN3CCCC3)ccc2[nH]1. The average Bonchev–Trinajstić information content (AvgIpc) is 1.61. The second kappa shape index (κ2) is 30.3. The van der Waals surface area contributed by atoms with Gasteiger partial charge in [-0.2, -0.15) is 0 Å². The van der Waals surface area contributed by atoms with Crippen LogP contribution < -0.4 is 41.4 Å². The summed E-state index contributed by atoms with van der Waals surface area (Å²) in [5, 5.41) is 14.6. The van der Waals surface area contributed by atoms with Gasteiger partial charge in [-0.3, -0.25) is 38.6 Å². The van der Waals surface area contributed by atoms with Gasteiger partial charge in [-0.05, 0) is 123 Å². The molecule has 3 atom stereocenters. The zero-order valence-electron chi connectivity index (χ0n) is 51.7. The Balaban J connectivity index is 0.819. The lowest BCUT2D eigenvalue weighted by Crippen LogP contribution is -2.54. The Kier molecular flexibility index (Phi) is 22.7. The first-order valence-electron chi connectivity index (χ1n) is 30.3. The number of imide groups is 1. The van der Waals surface area contributed by atoms with Gasteiger partial charge in [-0.1, -0.05) is 46.2 Å². The highest BCUT2D eigenvalue weighted by Crippen LogP contribution is 2.49. The molecule has 5 aromatic rings. The molecular formula is C64H82ClN11O12S. The summed E-state index contributed by atoms with van der Waals surface area (Å²) < 4.78 is 18.7. The highest BCUT2D eigenvalue weighted by atomic mass is 35.5. The summed E-state index contributed by atoms with van der Waals surface area (Å²) in [6, 6.07) is 13.2. The van der Waals surface area contributed by atoms with E-state index in [0.29, 0.717) is 60.8 Å². The van der Waals surface area contributed by atoms with Crippen LogP contribution in [0.4, 0.5) is 25.8 Å². The number of alkyl halides is 1. The monoisotopic (exact) mass is 1260 g/mol. The molecule has 478 valence electrons. The predicted octanol–water partition coefficient (Wildman–Crippen LogP) is 8.37. The molecule has 1 fully saturated rings. The fraction of sp³-hybridized carbons (Fsp3) is 0.484. The lowest BCUT2D eigenvalue weighted by Gasteiger charge is -2.33. The maximum Gasteiger partial charge on any atom is 0.415 e. The van der Waals surface area contributed by atoms with E-state index in [1.807, 2.05) is 50.4 Å². The minimum atomic E-state index is -1.07. The van der Waals surface area contributed by atoms with Gasteiger partial charge in [-0.25, -0.2) is 14.4 Å². The molecule has 25 heteroatoms. The van der Waals surface area contributed by atoms with Gasteiger partial charge in [0.25, 0.3) is 17.7 Å². The quantitative estimate of drug-likeness (QED) is 0.0149. The number of primary amides is 1. The van der Waals surface area contributed by atoms with Gasteiger partial charge >= 0.3 is 18.2 Å². The number of aromatic nitrogens is 1. The van der Waals surface area contributed by atoms with E-state index in [0.717, 1.165) is 62.4 Å². The Morgan fingerprint density at radius 2 is 1.57 bits per heavy atom. The zero-order chi connectivity index (χ0) is 64.1. The number of aryl methyl sites for hydroxylation is 1. The number of ether oxygens (including phenoxy) is 3. The summed E-state index contributed by atoms with van der Waals surface area (Å²) in [6.07, 6.45) is 5.71. The second-order valence-electron chi connectivity index (χ2n) is 24.3. The lowest BCUT2D eigenvalue weighted by atomic mass is 9.92. The molecule has 0 unspecified atom stereocenters. The van der Waals surface area contributed by atoms with Crippen molar-refractivity contribution < 1.29 is 57.4 Å². The summed E-state index contributed by atoms with van der Waals surface area (Å²) in [4.78, 5) is 129. The smallest absolute Gasteiger partial charge is 0.415 e. The number of halogens is 1. The molecule has 0 radical (unpaired) electrons. The van der Waals surface area contributed by atoms with Gasteiger partial charge in [0.05, 0.1) is 10.4 Å². The van der Waals surface area contributed by atoms with E-state index in [4.69, 9.17) is 31.5 Å². The average molecular weight is 1260 g/mol. The molecule has 8 rings (SSSR count). The highest BCUT2D eigenvalue weighted by molar-refractivity contribution is 7.17. The van der Waals surface area contributed by atoms with Crippen LogP contribution in [-0.4, -0.2) is 169 Å². The van der Waals surface area contributed by atoms with Crippen molar-refractivity contribution in [1.82, 2.24) is 40.5 Å². The third kappa shape index (κ3) is 17.6. The fourth-order valence-corrected chi connectivity index (χ4v) is 12.8. The highest BCUT2D eigenvalue weighted by Gasteiger charge is 2.38. The van der Waals surface area contributed by atoms with Crippen molar-refractivity contribution in [2.24, 2.45) is 17.1 Å². The Bertz CT molecular complexity index is 3430. The van der Waals surface area contributed by atoms with E-state index in [1.165, 1.54) is 46.1 Å². The number of fused-ring (bicyclic) bond motifs is 4. The summed E-state index contributed by atoms with van der Waals surface area (Å²) in [5.74, 6) is -1.65. The summed E-state index contributed by atoms with van der Waals surface area (Å²) >= 11 is 8.09. The van der Waals surface area contributed by atoms with Crippen molar-refractivity contribution in [2.75, 3.05) is 89.2 Å².